The highest BCUT2D eigenvalue weighted by molar-refractivity contribution is 5.94. The van der Waals surface area contributed by atoms with Crippen molar-refractivity contribution in [1.29, 1.82) is 0 Å². The molecule has 2 unspecified atom stereocenters. The minimum atomic E-state index is -0.940. The molecule has 3 heterocycles. The zero-order valence-corrected chi connectivity index (χ0v) is 16.6. The SMILES string of the molecule is CC1CCC(C(=O)Nc2ccc(-c3ncc[nH]3)nc2)O1.COc1cccc(F)c1F. The van der Waals surface area contributed by atoms with Crippen LogP contribution in [0.15, 0.2) is 48.9 Å². The van der Waals surface area contributed by atoms with Crippen molar-refractivity contribution in [1.82, 2.24) is 15.0 Å². The fourth-order valence-electron chi connectivity index (χ4n) is 2.87. The molecule has 30 heavy (non-hydrogen) atoms. The number of hydrogen-bond acceptors (Lipinski definition) is 5. The molecule has 0 bridgehead atoms. The first kappa shape index (κ1) is 21.4. The number of aromatic amines is 1. The largest absolute Gasteiger partial charge is 0.494 e. The van der Waals surface area contributed by atoms with Crippen LogP contribution in [-0.4, -0.2) is 40.2 Å². The Balaban J connectivity index is 0.000000216. The van der Waals surface area contributed by atoms with E-state index in [2.05, 4.69) is 25.0 Å². The summed E-state index contributed by atoms with van der Waals surface area (Å²) in [6.45, 7) is 1.98. The fraction of sp³-hybridized carbons (Fsp3) is 0.286. The number of carbonyl (C=O) groups excluding carboxylic acids is 1. The maximum Gasteiger partial charge on any atom is 0.253 e. The second-order valence-electron chi connectivity index (χ2n) is 6.63. The van der Waals surface area contributed by atoms with Gasteiger partial charge in [0.25, 0.3) is 5.91 Å². The Morgan fingerprint density at radius 2 is 2.07 bits per heavy atom. The highest BCUT2D eigenvalue weighted by Crippen LogP contribution is 2.21. The average Bonchev–Trinajstić information content (AvgIpc) is 3.43. The van der Waals surface area contributed by atoms with E-state index in [-0.39, 0.29) is 23.9 Å². The quantitative estimate of drug-likeness (QED) is 0.672. The first-order valence-electron chi connectivity index (χ1n) is 9.38. The third kappa shape index (κ3) is 5.38. The Bertz CT molecular complexity index is 965. The number of nitrogens with zero attached hydrogens (tertiary/aromatic N) is 2. The second-order valence-corrected chi connectivity index (χ2v) is 6.63. The Morgan fingerprint density at radius 1 is 1.23 bits per heavy atom. The van der Waals surface area contributed by atoms with Crippen LogP contribution in [0.1, 0.15) is 19.8 Å². The molecule has 0 radical (unpaired) electrons. The van der Waals surface area contributed by atoms with E-state index in [1.807, 2.05) is 13.0 Å². The number of pyridine rings is 1. The van der Waals surface area contributed by atoms with Gasteiger partial charge in [0, 0.05) is 12.4 Å². The molecule has 4 rings (SSSR count). The summed E-state index contributed by atoms with van der Waals surface area (Å²) in [5.41, 5.74) is 1.40. The third-order valence-electron chi connectivity index (χ3n) is 4.43. The summed E-state index contributed by atoms with van der Waals surface area (Å²) in [7, 11) is 1.29. The number of carbonyl (C=O) groups is 1. The molecule has 1 aliphatic rings. The molecule has 0 spiro atoms. The van der Waals surface area contributed by atoms with Gasteiger partial charge in [-0.05, 0) is 44.0 Å². The predicted molar refractivity (Wildman–Crippen MR) is 107 cm³/mol. The van der Waals surface area contributed by atoms with Gasteiger partial charge >= 0.3 is 0 Å². The summed E-state index contributed by atoms with van der Waals surface area (Å²) in [6, 6.07) is 7.40. The summed E-state index contributed by atoms with van der Waals surface area (Å²) in [5, 5.41) is 2.82. The van der Waals surface area contributed by atoms with E-state index in [1.54, 1.807) is 24.7 Å². The number of imidazole rings is 1. The molecular weight excluding hydrogens is 394 g/mol. The van der Waals surface area contributed by atoms with E-state index in [0.717, 1.165) is 24.6 Å². The third-order valence-corrected chi connectivity index (χ3v) is 4.43. The Morgan fingerprint density at radius 3 is 2.63 bits per heavy atom. The van der Waals surface area contributed by atoms with Crippen LogP contribution in [0.5, 0.6) is 5.75 Å². The number of anilines is 1. The van der Waals surface area contributed by atoms with Gasteiger partial charge in [0.2, 0.25) is 5.82 Å². The summed E-state index contributed by atoms with van der Waals surface area (Å²) in [4.78, 5) is 23.4. The van der Waals surface area contributed by atoms with Crippen LogP contribution in [0.2, 0.25) is 0 Å². The maximum absolute atomic E-state index is 12.5. The van der Waals surface area contributed by atoms with E-state index in [4.69, 9.17) is 4.74 Å². The van der Waals surface area contributed by atoms with Gasteiger partial charge in [-0.25, -0.2) is 9.37 Å². The van der Waals surface area contributed by atoms with E-state index >= 15 is 0 Å². The van der Waals surface area contributed by atoms with Crippen LogP contribution in [0, 0.1) is 11.6 Å². The van der Waals surface area contributed by atoms with Crippen LogP contribution in [-0.2, 0) is 9.53 Å². The molecule has 1 saturated heterocycles. The zero-order valence-electron chi connectivity index (χ0n) is 16.6. The van der Waals surface area contributed by atoms with Gasteiger partial charge in [-0.2, -0.15) is 4.39 Å². The van der Waals surface area contributed by atoms with Crippen LogP contribution in [0.4, 0.5) is 14.5 Å². The summed E-state index contributed by atoms with van der Waals surface area (Å²) >= 11 is 0. The molecule has 7 nitrogen and oxygen atoms in total. The topological polar surface area (TPSA) is 89.1 Å². The minimum Gasteiger partial charge on any atom is -0.494 e. The lowest BCUT2D eigenvalue weighted by molar-refractivity contribution is -0.126. The number of rotatable bonds is 4. The molecule has 158 valence electrons. The number of amides is 1. The van der Waals surface area contributed by atoms with Crippen molar-refractivity contribution in [3.63, 3.8) is 0 Å². The lowest BCUT2D eigenvalue weighted by Gasteiger charge is -2.11. The molecule has 1 aliphatic heterocycles. The van der Waals surface area contributed by atoms with Gasteiger partial charge in [-0.3, -0.25) is 9.78 Å². The normalized spacial score (nSPS) is 17.7. The average molecular weight is 416 g/mol. The summed E-state index contributed by atoms with van der Waals surface area (Å²) in [5.74, 6) is -1.30. The molecule has 3 aromatic rings. The number of aromatic nitrogens is 3. The standard InChI is InChI=1S/C14H16N4O2.C7H6F2O/c1-9-2-5-12(20-9)14(19)18-10-3-4-11(17-8-10)13-15-6-7-16-13;1-10-6-4-2-3-5(8)7(6)9/h3-4,6-9,12H,2,5H2,1H3,(H,15,16)(H,18,19);2-4H,1H3. The highest BCUT2D eigenvalue weighted by Gasteiger charge is 2.28. The number of halogens is 2. The fourth-order valence-corrected chi connectivity index (χ4v) is 2.87. The highest BCUT2D eigenvalue weighted by atomic mass is 19.2. The monoisotopic (exact) mass is 416 g/mol. The van der Waals surface area contributed by atoms with Crippen LogP contribution in [0.25, 0.3) is 11.5 Å². The zero-order chi connectivity index (χ0) is 21.5. The number of nitrogens with one attached hydrogen (secondary N) is 2. The molecule has 1 amide bonds. The molecule has 1 aromatic carbocycles. The Kier molecular flexibility index (Phi) is 7.08. The molecule has 0 saturated carbocycles. The van der Waals surface area contributed by atoms with Crippen LogP contribution >= 0.6 is 0 Å². The smallest absolute Gasteiger partial charge is 0.253 e. The van der Waals surface area contributed by atoms with Crippen LogP contribution in [0.3, 0.4) is 0 Å². The maximum atomic E-state index is 12.5. The predicted octanol–water partition coefficient (Wildman–Crippen LogP) is 3.95. The number of benzene rings is 1. The van der Waals surface area contributed by atoms with Crippen molar-refractivity contribution in [3.8, 4) is 17.3 Å². The molecule has 1 fully saturated rings. The number of H-pyrrole nitrogens is 1. The lowest BCUT2D eigenvalue weighted by Crippen LogP contribution is -2.27. The Hall–Kier alpha value is -3.33. The van der Waals surface area contributed by atoms with Crippen molar-refractivity contribution >= 4 is 11.6 Å². The van der Waals surface area contributed by atoms with Gasteiger partial charge in [-0.15, -0.1) is 0 Å². The molecule has 2 N–H and O–H groups in total. The van der Waals surface area contributed by atoms with Crippen molar-refractivity contribution < 1.29 is 23.0 Å². The van der Waals surface area contributed by atoms with E-state index < -0.39 is 11.6 Å². The van der Waals surface area contributed by atoms with Gasteiger partial charge in [-0.1, -0.05) is 6.07 Å². The van der Waals surface area contributed by atoms with Crippen molar-refractivity contribution in [2.45, 2.75) is 32.0 Å². The molecular formula is C21H22F2N4O3. The number of ether oxygens (including phenoxy) is 2. The van der Waals surface area contributed by atoms with Crippen molar-refractivity contribution in [2.75, 3.05) is 12.4 Å². The summed E-state index contributed by atoms with van der Waals surface area (Å²) in [6.07, 6.45) is 6.53. The van der Waals surface area contributed by atoms with Gasteiger partial charge < -0.3 is 19.8 Å². The first-order valence-corrected chi connectivity index (χ1v) is 9.38. The van der Waals surface area contributed by atoms with Crippen molar-refractivity contribution in [2.24, 2.45) is 0 Å². The second kappa shape index (κ2) is 9.93. The van der Waals surface area contributed by atoms with Gasteiger partial charge in [0.15, 0.2) is 17.4 Å². The minimum absolute atomic E-state index is 0.0694. The molecule has 2 aromatic heterocycles. The van der Waals surface area contributed by atoms with E-state index in [0.29, 0.717) is 11.5 Å². The number of methoxy groups -OCH3 is 1. The number of hydrogen-bond donors (Lipinski definition) is 2. The molecule has 0 aliphatic carbocycles. The van der Waals surface area contributed by atoms with Gasteiger partial charge in [0.1, 0.15) is 11.8 Å². The molecule has 9 heteroatoms. The molecule has 2 atom stereocenters. The lowest BCUT2D eigenvalue weighted by atomic mass is 10.2. The van der Waals surface area contributed by atoms with Crippen LogP contribution < -0.4 is 10.1 Å². The summed E-state index contributed by atoms with van der Waals surface area (Å²) < 4.78 is 34.9. The van der Waals surface area contributed by atoms with E-state index in [9.17, 15) is 13.6 Å². The van der Waals surface area contributed by atoms with Crippen molar-refractivity contribution in [3.05, 3.63) is 60.6 Å². The van der Waals surface area contributed by atoms with Gasteiger partial charge in [0.05, 0.1) is 25.1 Å². The Labute approximate surface area is 172 Å². The first-order chi connectivity index (χ1) is 14.5. The van der Waals surface area contributed by atoms with E-state index in [1.165, 1.54) is 19.2 Å².